The maximum atomic E-state index is 13.2. The van der Waals surface area contributed by atoms with E-state index in [1.807, 2.05) is 0 Å². The molecule has 0 aliphatic rings. The predicted octanol–water partition coefficient (Wildman–Crippen LogP) is 1.67. The van der Waals surface area contributed by atoms with Crippen molar-refractivity contribution in [3.05, 3.63) is 40.1 Å². The molecule has 3 nitrogen and oxygen atoms in total. The molecule has 74 valence electrons. The molecule has 0 fully saturated rings. The van der Waals surface area contributed by atoms with E-state index in [2.05, 4.69) is 5.10 Å². The zero-order chi connectivity index (χ0) is 10.1. The van der Waals surface area contributed by atoms with Gasteiger partial charge in [0.1, 0.15) is 5.82 Å². The highest BCUT2D eigenvalue weighted by molar-refractivity contribution is 7.10. The van der Waals surface area contributed by atoms with Gasteiger partial charge in [0.15, 0.2) is 0 Å². The van der Waals surface area contributed by atoms with Crippen LogP contribution in [0.25, 0.3) is 0 Å². The van der Waals surface area contributed by atoms with Crippen molar-refractivity contribution in [3.63, 3.8) is 0 Å². The minimum Gasteiger partial charge on any atom is -0.319 e. The zero-order valence-electron chi connectivity index (χ0n) is 7.64. The number of aromatic nitrogens is 2. The number of aryl methyl sites for hydroxylation is 1. The summed E-state index contributed by atoms with van der Waals surface area (Å²) < 4.78 is 14.8. The topological polar surface area (TPSA) is 43.8 Å². The van der Waals surface area contributed by atoms with Crippen LogP contribution in [-0.2, 0) is 7.05 Å². The summed E-state index contributed by atoms with van der Waals surface area (Å²) in [5.41, 5.74) is 6.72. The first-order chi connectivity index (χ1) is 6.68. The number of nitrogens with two attached hydrogens (primary N) is 1. The molecule has 5 heteroatoms. The molecular weight excluding hydrogens is 201 g/mol. The van der Waals surface area contributed by atoms with Crippen molar-refractivity contribution in [2.24, 2.45) is 12.8 Å². The molecular formula is C9H10FN3S. The molecule has 2 N–H and O–H groups in total. The van der Waals surface area contributed by atoms with Gasteiger partial charge in [-0.15, -0.1) is 11.3 Å². The van der Waals surface area contributed by atoms with Crippen LogP contribution in [0.4, 0.5) is 4.39 Å². The SMILES string of the molecule is Cn1cc(C(N)c2sccc2F)cn1. The van der Waals surface area contributed by atoms with Crippen LogP contribution in [0.2, 0.25) is 0 Å². The maximum absolute atomic E-state index is 13.2. The van der Waals surface area contributed by atoms with Crippen LogP contribution >= 0.6 is 11.3 Å². The number of hydrogen-bond acceptors (Lipinski definition) is 3. The number of rotatable bonds is 2. The van der Waals surface area contributed by atoms with Crippen LogP contribution in [0.1, 0.15) is 16.5 Å². The molecule has 2 rings (SSSR count). The molecule has 0 radical (unpaired) electrons. The molecule has 0 spiro atoms. The lowest BCUT2D eigenvalue weighted by Crippen LogP contribution is -2.10. The van der Waals surface area contributed by atoms with Gasteiger partial charge in [-0.1, -0.05) is 0 Å². The smallest absolute Gasteiger partial charge is 0.139 e. The summed E-state index contributed by atoms with van der Waals surface area (Å²) in [6.07, 6.45) is 3.45. The Morgan fingerprint density at radius 1 is 1.64 bits per heavy atom. The van der Waals surface area contributed by atoms with E-state index in [9.17, 15) is 4.39 Å². The van der Waals surface area contributed by atoms with Gasteiger partial charge in [0.2, 0.25) is 0 Å². The van der Waals surface area contributed by atoms with E-state index in [0.717, 1.165) is 5.56 Å². The molecule has 14 heavy (non-hydrogen) atoms. The third kappa shape index (κ3) is 1.56. The average Bonchev–Trinajstić information content (AvgIpc) is 2.73. The van der Waals surface area contributed by atoms with Crippen molar-refractivity contribution in [2.45, 2.75) is 6.04 Å². The molecule has 0 aromatic carbocycles. The predicted molar refractivity (Wildman–Crippen MR) is 53.5 cm³/mol. The van der Waals surface area contributed by atoms with Gasteiger partial charge in [-0.25, -0.2) is 4.39 Å². The number of thiophene rings is 1. The van der Waals surface area contributed by atoms with Crippen molar-refractivity contribution in [1.29, 1.82) is 0 Å². The van der Waals surface area contributed by atoms with Gasteiger partial charge >= 0.3 is 0 Å². The van der Waals surface area contributed by atoms with Crippen LogP contribution in [-0.4, -0.2) is 9.78 Å². The average molecular weight is 211 g/mol. The molecule has 2 heterocycles. The highest BCUT2D eigenvalue weighted by Gasteiger charge is 2.15. The summed E-state index contributed by atoms with van der Waals surface area (Å²) in [7, 11) is 1.81. The Labute approximate surface area is 85.0 Å². The molecule has 1 atom stereocenters. The van der Waals surface area contributed by atoms with E-state index in [1.165, 1.54) is 17.4 Å². The summed E-state index contributed by atoms with van der Waals surface area (Å²) in [4.78, 5) is 0.554. The van der Waals surface area contributed by atoms with E-state index in [-0.39, 0.29) is 5.82 Å². The Hall–Kier alpha value is -1.20. The van der Waals surface area contributed by atoms with Gasteiger partial charge in [0, 0.05) is 18.8 Å². The molecule has 0 aliphatic carbocycles. The third-order valence-corrected chi connectivity index (χ3v) is 2.99. The summed E-state index contributed by atoms with van der Waals surface area (Å²) in [6, 6.07) is 1.01. The second kappa shape index (κ2) is 3.51. The summed E-state index contributed by atoms with van der Waals surface area (Å²) in [5.74, 6) is -0.244. The Bertz CT molecular complexity index is 435. The normalized spacial score (nSPS) is 13.1. The lowest BCUT2D eigenvalue weighted by atomic mass is 10.1. The van der Waals surface area contributed by atoms with Crippen molar-refractivity contribution in [2.75, 3.05) is 0 Å². The van der Waals surface area contributed by atoms with Gasteiger partial charge in [0.25, 0.3) is 0 Å². The van der Waals surface area contributed by atoms with Gasteiger partial charge in [-0.2, -0.15) is 5.10 Å². The van der Waals surface area contributed by atoms with Crippen molar-refractivity contribution in [1.82, 2.24) is 9.78 Å². The summed E-state index contributed by atoms with van der Waals surface area (Å²) in [5, 5.41) is 5.69. The fourth-order valence-electron chi connectivity index (χ4n) is 1.28. The first-order valence-corrected chi connectivity index (χ1v) is 5.03. The largest absolute Gasteiger partial charge is 0.319 e. The fourth-order valence-corrected chi connectivity index (χ4v) is 2.08. The van der Waals surface area contributed by atoms with E-state index in [1.54, 1.807) is 29.5 Å². The highest BCUT2D eigenvalue weighted by Crippen LogP contribution is 2.26. The highest BCUT2D eigenvalue weighted by atomic mass is 32.1. The fraction of sp³-hybridized carbons (Fsp3) is 0.222. The minimum atomic E-state index is -0.413. The zero-order valence-corrected chi connectivity index (χ0v) is 8.46. The van der Waals surface area contributed by atoms with Gasteiger partial charge < -0.3 is 5.73 Å². The Balaban J connectivity index is 2.33. The summed E-state index contributed by atoms with van der Waals surface area (Å²) in [6.45, 7) is 0. The molecule has 0 aliphatic heterocycles. The molecule has 0 saturated heterocycles. The van der Waals surface area contributed by atoms with Crippen LogP contribution in [0.5, 0.6) is 0 Å². The van der Waals surface area contributed by atoms with E-state index < -0.39 is 6.04 Å². The third-order valence-electron chi connectivity index (χ3n) is 2.01. The monoisotopic (exact) mass is 211 g/mol. The second-order valence-corrected chi connectivity index (χ2v) is 4.01. The molecule has 0 amide bonds. The number of halogens is 1. The van der Waals surface area contributed by atoms with E-state index in [4.69, 9.17) is 5.73 Å². The first kappa shape index (κ1) is 9.36. The van der Waals surface area contributed by atoms with E-state index >= 15 is 0 Å². The quantitative estimate of drug-likeness (QED) is 0.821. The number of hydrogen-bond donors (Lipinski definition) is 1. The first-order valence-electron chi connectivity index (χ1n) is 4.15. The second-order valence-electron chi connectivity index (χ2n) is 3.06. The van der Waals surface area contributed by atoms with Crippen LogP contribution in [0.3, 0.4) is 0 Å². The van der Waals surface area contributed by atoms with Crippen LogP contribution in [0, 0.1) is 5.82 Å². The van der Waals surface area contributed by atoms with Crippen LogP contribution in [0.15, 0.2) is 23.8 Å². The van der Waals surface area contributed by atoms with E-state index in [0.29, 0.717) is 4.88 Å². The van der Waals surface area contributed by atoms with Crippen LogP contribution < -0.4 is 5.73 Å². The van der Waals surface area contributed by atoms with Gasteiger partial charge in [0.05, 0.1) is 17.1 Å². The molecule has 2 aromatic rings. The standard InChI is InChI=1S/C9H10FN3S/c1-13-5-6(4-12-13)8(11)9-7(10)2-3-14-9/h2-5,8H,11H2,1H3. The van der Waals surface area contributed by atoms with Crippen molar-refractivity contribution >= 4 is 11.3 Å². The molecule has 0 bridgehead atoms. The maximum Gasteiger partial charge on any atom is 0.139 e. The minimum absolute atomic E-state index is 0.244. The van der Waals surface area contributed by atoms with Crippen molar-refractivity contribution < 1.29 is 4.39 Å². The molecule has 1 unspecified atom stereocenters. The Morgan fingerprint density at radius 2 is 2.43 bits per heavy atom. The Morgan fingerprint density at radius 3 is 2.93 bits per heavy atom. The van der Waals surface area contributed by atoms with Crippen molar-refractivity contribution in [3.8, 4) is 0 Å². The Kier molecular flexibility index (Phi) is 2.35. The van der Waals surface area contributed by atoms with Gasteiger partial charge in [-0.3, -0.25) is 4.68 Å². The lowest BCUT2D eigenvalue weighted by molar-refractivity contribution is 0.609. The van der Waals surface area contributed by atoms with Gasteiger partial charge in [-0.05, 0) is 11.4 Å². The number of nitrogens with zero attached hydrogens (tertiary/aromatic N) is 2. The summed E-state index contributed by atoms with van der Waals surface area (Å²) >= 11 is 1.32. The molecule has 0 saturated carbocycles. The molecule has 2 aromatic heterocycles. The lowest BCUT2D eigenvalue weighted by Gasteiger charge is -2.06.